The maximum absolute atomic E-state index is 12.9. The summed E-state index contributed by atoms with van der Waals surface area (Å²) < 4.78 is 10.7. The Labute approximate surface area is 150 Å². The molecular weight excluding hydrogens is 316 g/mol. The first-order chi connectivity index (χ1) is 12.3. The van der Waals surface area contributed by atoms with E-state index >= 15 is 0 Å². The SMILES string of the molecule is COc1cccc(CC(=O)N2CCCC[C@@H]2CCN2CCOCC2)c1. The van der Waals surface area contributed by atoms with Crippen LogP contribution in [0.15, 0.2) is 24.3 Å². The van der Waals surface area contributed by atoms with E-state index in [0.717, 1.165) is 70.0 Å². The predicted octanol–water partition coefficient (Wildman–Crippen LogP) is 2.34. The van der Waals surface area contributed by atoms with Gasteiger partial charge in [0.2, 0.25) is 5.91 Å². The summed E-state index contributed by atoms with van der Waals surface area (Å²) in [5.74, 6) is 1.06. The van der Waals surface area contributed by atoms with Gasteiger partial charge in [0.15, 0.2) is 0 Å². The molecule has 1 aromatic rings. The lowest BCUT2D eigenvalue weighted by atomic mass is 9.98. The molecule has 0 unspecified atom stereocenters. The molecule has 0 aromatic heterocycles. The van der Waals surface area contributed by atoms with Gasteiger partial charge < -0.3 is 14.4 Å². The second kappa shape index (κ2) is 9.20. The minimum Gasteiger partial charge on any atom is -0.497 e. The Kier molecular flexibility index (Phi) is 6.70. The number of methoxy groups -OCH3 is 1. The number of rotatable bonds is 6. The van der Waals surface area contributed by atoms with E-state index in [1.54, 1.807) is 7.11 Å². The number of benzene rings is 1. The average molecular weight is 346 g/mol. The number of piperidine rings is 1. The molecule has 25 heavy (non-hydrogen) atoms. The summed E-state index contributed by atoms with van der Waals surface area (Å²) in [4.78, 5) is 17.5. The summed E-state index contributed by atoms with van der Waals surface area (Å²) in [6.07, 6.45) is 5.03. The van der Waals surface area contributed by atoms with E-state index in [0.29, 0.717) is 12.5 Å². The Morgan fingerprint density at radius 3 is 2.88 bits per heavy atom. The third-order valence-corrected chi connectivity index (χ3v) is 5.32. The van der Waals surface area contributed by atoms with E-state index in [4.69, 9.17) is 9.47 Å². The summed E-state index contributed by atoms with van der Waals surface area (Å²) in [7, 11) is 1.66. The normalized spacial score (nSPS) is 22.0. The van der Waals surface area contributed by atoms with Crippen LogP contribution < -0.4 is 4.74 Å². The van der Waals surface area contributed by atoms with Crippen molar-refractivity contribution in [2.45, 2.75) is 38.1 Å². The highest BCUT2D eigenvalue weighted by molar-refractivity contribution is 5.79. The maximum Gasteiger partial charge on any atom is 0.227 e. The molecule has 2 aliphatic rings. The van der Waals surface area contributed by atoms with E-state index in [1.165, 1.54) is 6.42 Å². The van der Waals surface area contributed by atoms with Crippen molar-refractivity contribution in [2.75, 3.05) is 46.5 Å². The largest absolute Gasteiger partial charge is 0.497 e. The Morgan fingerprint density at radius 1 is 1.24 bits per heavy atom. The smallest absolute Gasteiger partial charge is 0.227 e. The molecular formula is C20H30N2O3. The Hall–Kier alpha value is -1.59. The lowest BCUT2D eigenvalue weighted by Gasteiger charge is -2.37. The first-order valence-corrected chi connectivity index (χ1v) is 9.49. The van der Waals surface area contributed by atoms with Crippen molar-refractivity contribution in [1.29, 1.82) is 0 Å². The number of hydrogen-bond donors (Lipinski definition) is 0. The molecule has 0 spiro atoms. The van der Waals surface area contributed by atoms with Gasteiger partial charge in [0.25, 0.3) is 0 Å². The highest BCUT2D eigenvalue weighted by atomic mass is 16.5. The molecule has 2 aliphatic heterocycles. The van der Waals surface area contributed by atoms with Crippen molar-refractivity contribution in [3.05, 3.63) is 29.8 Å². The first-order valence-electron chi connectivity index (χ1n) is 9.49. The van der Waals surface area contributed by atoms with Gasteiger partial charge in [-0.3, -0.25) is 9.69 Å². The van der Waals surface area contributed by atoms with Gasteiger partial charge in [0.05, 0.1) is 26.7 Å². The number of carbonyl (C=O) groups is 1. The Balaban J connectivity index is 1.56. The molecule has 1 aromatic carbocycles. The van der Waals surface area contributed by atoms with Gasteiger partial charge in [-0.05, 0) is 43.4 Å². The molecule has 5 heteroatoms. The van der Waals surface area contributed by atoms with Gasteiger partial charge in [0.1, 0.15) is 5.75 Å². The zero-order valence-corrected chi connectivity index (χ0v) is 15.3. The van der Waals surface area contributed by atoms with Crippen LogP contribution in [0.1, 0.15) is 31.2 Å². The van der Waals surface area contributed by atoms with Crippen LogP contribution in [-0.4, -0.2) is 68.3 Å². The highest BCUT2D eigenvalue weighted by Crippen LogP contribution is 2.22. The number of morpholine rings is 1. The van der Waals surface area contributed by atoms with Crippen molar-refractivity contribution in [2.24, 2.45) is 0 Å². The quantitative estimate of drug-likeness (QED) is 0.793. The molecule has 138 valence electrons. The molecule has 2 saturated heterocycles. The fourth-order valence-corrected chi connectivity index (χ4v) is 3.84. The number of hydrogen-bond acceptors (Lipinski definition) is 4. The van der Waals surface area contributed by atoms with E-state index < -0.39 is 0 Å². The average Bonchev–Trinajstić information content (AvgIpc) is 2.67. The van der Waals surface area contributed by atoms with Crippen LogP contribution in [0.4, 0.5) is 0 Å². The molecule has 2 fully saturated rings. The second-order valence-corrected chi connectivity index (χ2v) is 7.01. The van der Waals surface area contributed by atoms with Crippen LogP contribution in [0.5, 0.6) is 5.75 Å². The molecule has 0 saturated carbocycles. The maximum atomic E-state index is 12.9. The lowest BCUT2D eigenvalue weighted by Crippen LogP contribution is -2.46. The number of amides is 1. The summed E-state index contributed by atoms with van der Waals surface area (Å²) in [6.45, 7) is 5.68. The van der Waals surface area contributed by atoms with Crippen LogP contribution in [0.3, 0.4) is 0 Å². The van der Waals surface area contributed by atoms with Crippen molar-refractivity contribution >= 4 is 5.91 Å². The van der Waals surface area contributed by atoms with Gasteiger partial charge >= 0.3 is 0 Å². The minimum atomic E-state index is 0.250. The number of ether oxygens (including phenoxy) is 2. The summed E-state index contributed by atoms with van der Waals surface area (Å²) in [6, 6.07) is 8.22. The third kappa shape index (κ3) is 5.19. The standard InChI is InChI=1S/C20H30N2O3/c1-24-19-7-4-5-17(15-19)16-20(23)22-9-3-2-6-18(22)8-10-21-11-13-25-14-12-21/h4-5,7,15,18H,2-3,6,8-14,16H2,1H3/t18-/m1/s1. The van der Waals surface area contributed by atoms with E-state index in [-0.39, 0.29) is 5.91 Å². The minimum absolute atomic E-state index is 0.250. The molecule has 2 heterocycles. The molecule has 5 nitrogen and oxygen atoms in total. The fourth-order valence-electron chi connectivity index (χ4n) is 3.84. The van der Waals surface area contributed by atoms with Crippen LogP contribution >= 0.6 is 0 Å². The number of carbonyl (C=O) groups excluding carboxylic acids is 1. The van der Waals surface area contributed by atoms with E-state index in [9.17, 15) is 4.79 Å². The zero-order valence-electron chi connectivity index (χ0n) is 15.3. The summed E-state index contributed by atoms with van der Waals surface area (Å²) in [5, 5.41) is 0. The molecule has 0 aliphatic carbocycles. The van der Waals surface area contributed by atoms with Gasteiger partial charge in [-0.15, -0.1) is 0 Å². The third-order valence-electron chi connectivity index (χ3n) is 5.32. The van der Waals surface area contributed by atoms with Gasteiger partial charge in [-0.1, -0.05) is 12.1 Å². The molecule has 0 radical (unpaired) electrons. The van der Waals surface area contributed by atoms with Gasteiger partial charge in [-0.2, -0.15) is 0 Å². The summed E-state index contributed by atoms with van der Waals surface area (Å²) in [5.41, 5.74) is 1.03. The summed E-state index contributed by atoms with van der Waals surface area (Å²) >= 11 is 0. The van der Waals surface area contributed by atoms with Crippen molar-refractivity contribution < 1.29 is 14.3 Å². The number of likely N-dealkylation sites (tertiary alicyclic amines) is 1. The molecule has 3 rings (SSSR count). The van der Waals surface area contributed by atoms with Crippen molar-refractivity contribution in [3.8, 4) is 5.75 Å². The van der Waals surface area contributed by atoms with Crippen molar-refractivity contribution in [1.82, 2.24) is 9.80 Å². The van der Waals surface area contributed by atoms with Crippen LogP contribution in [0, 0.1) is 0 Å². The molecule has 0 bridgehead atoms. The lowest BCUT2D eigenvalue weighted by molar-refractivity contribution is -0.134. The van der Waals surface area contributed by atoms with Crippen LogP contribution in [-0.2, 0) is 16.0 Å². The second-order valence-electron chi connectivity index (χ2n) is 7.01. The van der Waals surface area contributed by atoms with Gasteiger partial charge in [-0.25, -0.2) is 0 Å². The zero-order chi connectivity index (χ0) is 17.5. The highest BCUT2D eigenvalue weighted by Gasteiger charge is 2.27. The molecule has 1 atom stereocenters. The van der Waals surface area contributed by atoms with Crippen LogP contribution in [0.25, 0.3) is 0 Å². The molecule has 0 N–H and O–H groups in total. The fraction of sp³-hybridized carbons (Fsp3) is 0.650. The Morgan fingerprint density at radius 2 is 2.08 bits per heavy atom. The topological polar surface area (TPSA) is 42.0 Å². The van der Waals surface area contributed by atoms with Crippen molar-refractivity contribution in [3.63, 3.8) is 0 Å². The van der Waals surface area contributed by atoms with Crippen LogP contribution in [0.2, 0.25) is 0 Å². The number of nitrogens with zero attached hydrogens (tertiary/aromatic N) is 2. The Bertz CT molecular complexity index is 558. The van der Waals surface area contributed by atoms with Gasteiger partial charge in [0, 0.05) is 32.2 Å². The monoisotopic (exact) mass is 346 g/mol. The van der Waals surface area contributed by atoms with E-state index in [2.05, 4.69) is 9.80 Å². The van der Waals surface area contributed by atoms with E-state index in [1.807, 2.05) is 24.3 Å². The predicted molar refractivity (Wildman–Crippen MR) is 97.9 cm³/mol. The molecule has 1 amide bonds. The first kappa shape index (κ1) is 18.2.